The summed E-state index contributed by atoms with van der Waals surface area (Å²) in [5.41, 5.74) is 1.39. The normalized spacial score (nSPS) is 12.8. The predicted octanol–water partition coefficient (Wildman–Crippen LogP) is 4.39. The maximum Gasteiger partial charge on any atom is 0.166 e. The Kier molecular flexibility index (Phi) is 5.46. The number of hydrogen-bond acceptors (Lipinski definition) is 2. The first-order valence-corrected chi connectivity index (χ1v) is 7.07. The Labute approximate surface area is 116 Å². The first kappa shape index (κ1) is 15.6. The Hall–Kier alpha value is -1.44. The molecule has 1 unspecified atom stereocenters. The van der Waals surface area contributed by atoms with Gasteiger partial charge in [0.2, 0.25) is 0 Å². The molecular weight excluding hydrogens is 236 g/mol. The number of carbonyl (C=O) groups excluding carboxylic acids is 2. The van der Waals surface area contributed by atoms with E-state index in [9.17, 15) is 9.59 Å². The van der Waals surface area contributed by atoms with Crippen LogP contribution in [0.25, 0.3) is 0 Å². The fraction of sp³-hybridized carbons (Fsp3) is 0.529. The van der Waals surface area contributed by atoms with Gasteiger partial charge >= 0.3 is 0 Å². The highest BCUT2D eigenvalue weighted by atomic mass is 16.1. The first-order valence-electron chi connectivity index (χ1n) is 7.07. The molecule has 0 N–H and O–H groups in total. The summed E-state index contributed by atoms with van der Waals surface area (Å²) >= 11 is 0. The first-order chi connectivity index (χ1) is 8.88. The van der Waals surface area contributed by atoms with Crippen molar-refractivity contribution < 1.29 is 9.59 Å². The summed E-state index contributed by atoms with van der Waals surface area (Å²) in [6.07, 6.45) is 0.850. The average Bonchev–Trinajstić information content (AvgIpc) is 2.38. The third kappa shape index (κ3) is 3.76. The third-order valence-electron chi connectivity index (χ3n) is 3.56. The van der Waals surface area contributed by atoms with E-state index in [0.717, 1.165) is 6.42 Å². The zero-order valence-corrected chi connectivity index (χ0v) is 12.6. The van der Waals surface area contributed by atoms with Gasteiger partial charge in [0.15, 0.2) is 11.6 Å². The molecule has 0 heterocycles. The average molecular weight is 260 g/mol. The Morgan fingerprint density at radius 2 is 1.32 bits per heavy atom. The molecule has 0 aliphatic carbocycles. The molecule has 2 heteroatoms. The minimum absolute atomic E-state index is 0.0133. The van der Waals surface area contributed by atoms with E-state index < -0.39 is 0 Å². The van der Waals surface area contributed by atoms with Gasteiger partial charge in [-0.1, -0.05) is 58.9 Å². The van der Waals surface area contributed by atoms with Crippen LogP contribution >= 0.6 is 0 Å². The smallest absolute Gasteiger partial charge is 0.166 e. The fourth-order valence-electron chi connectivity index (χ4n) is 2.31. The van der Waals surface area contributed by atoms with Crippen LogP contribution in [0.15, 0.2) is 24.3 Å². The maximum absolute atomic E-state index is 12.3. The lowest BCUT2D eigenvalue weighted by atomic mass is 9.85. The topological polar surface area (TPSA) is 34.1 Å². The zero-order chi connectivity index (χ0) is 14.6. The van der Waals surface area contributed by atoms with Crippen LogP contribution in [-0.4, -0.2) is 11.6 Å². The van der Waals surface area contributed by atoms with Gasteiger partial charge in [-0.15, -0.1) is 0 Å². The van der Waals surface area contributed by atoms with Crippen LogP contribution in [0.2, 0.25) is 0 Å². The van der Waals surface area contributed by atoms with E-state index in [4.69, 9.17) is 0 Å². The van der Waals surface area contributed by atoms with Crippen molar-refractivity contribution in [3.05, 3.63) is 35.4 Å². The molecule has 0 aliphatic heterocycles. The molecule has 0 fully saturated rings. The van der Waals surface area contributed by atoms with E-state index in [2.05, 4.69) is 13.8 Å². The minimum atomic E-state index is -0.0133. The number of rotatable bonds is 6. The van der Waals surface area contributed by atoms with Crippen molar-refractivity contribution in [2.75, 3.05) is 0 Å². The molecule has 0 spiro atoms. The number of hydrogen-bond donors (Lipinski definition) is 0. The molecule has 0 aliphatic rings. The Morgan fingerprint density at radius 3 is 1.63 bits per heavy atom. The molecule has 1 atom stereocenters. The summed E-state index contributed by atoms with van der Waals surface area (Å²) in [7, 11) is 0. The van der Waals surface area contributed by atoms with Gasteiger partial charge in [-0.2, -0.15) is 0 Å². The van der Waals surface area contributed by atoms with Crippen LogP contribution in [0.1, 0.15) is 61.8 Å². The summed E-state index contributed by atoms with van der Waals surface area (Å²) in [6, 6.07) is 7.09. The van der Waals surface area contributed by atoms with Gasteiger partial charge in [-0.25, -0.2) is 0 Å². The SMILES string of the molecule is CCC(C(=O)c1ccc(C(=O)C(C)C)cc1)C(C)C. The molecule has 1 aromatic rings. The van der Waals surface area contributed by atoms with Crippen molar-refractivity contribution in [3.63, 3.8) is 0 Å². The van der Waals surface area contributed by atoms with Crippen LogP contribution in [0.4, 0.5) is 0 Å². The quantitative estimate of drug-likeness (QED) is 0.711. The van der Waals surface area contributed by atoms with E-state index in [1.54, 1.807) is 24.3 Å². The zero-order valence-electron chi connectivity index (χ0n) is 12.6. The van der Waals surface area contributed by atoms with Crippen molar-refractivity contribution in [1.82, 2.24) is 0 Å². The molecule has 0 bridgehead atoms. The highest BCUT2D eigenvalue weighted by molar-refractivity contribution is 6.01. The number of carbonyl (C=O) groups is 2. The Morgan fingerprint density at radius 1 is 0.895 bits per heavy atom. The van der Waals surface area contributed by atoms with Crippen LogP contribution in [0.5, 0.6) is 0 Å². The molecule has 1 rings (SSSR count). The van der Waals surface area contributed by atoms with Gasteiger partial charge in [-0.05, 0) is 12.3 Å². The summed E-state index contributed by atoms with van der Waals surface area (Å²) < 4.78 is 0. The molecule has 0 saturated heterocycles. The second kappa shape index (κ2) is 6.65. The summed E-state index contributed by atoms with van der Waals surface area (Å²) in [5, 5.41) is 0. The summed E-state index contributed by atoms with van der Waals surface area (Å²) in [6.45, 7) is 9.95. The van der Waals surface area contributed by atoms with Crippen molar-refractivity contribution in [2.24, 2.45) is 17.8 Å². The lowest BCUT2D eigenvalue weighted by Crippen LogP contribution is -2.19. The highest BCUT2D eigenvalue weighted by Gasteiger charge is 2.21. The van der Waals surface area contributed by atoms with E-state index in [1.165, 1.54) is 0 Å². The van der Waals surface area contributed by atoms with Crippen molar-refractivity contribution in [3.8, 4) is 0 Å². The Balaban J connectivity index is 2.93. The van der Waals surface area contributed by atoms with Crippen molar-refractivity contribution >= 4 is 11.6 Å². The van der Waals surface area contributed by atoms with Crippen molar-refractivity contribution in [1.29, 1.82) is 0 Å². The molecule has 0 saturated carbocycles. The Bertz CT molecular complexity index is 441. The lowest BCUT2D eigenvalue weighted by Gasteiger charge is -2.17. The number of ketones is 2. The molecule has 0 radical (unpaired) electrons. The van der Waals surface area contributed by atoms with Gasteiger partial charge in [0.25, 0.3) is 0 Å². The van der Waals surface area contributed by atoms with Gasteiger partial charge in [-0.3, -0.25) is 9.59 Å². The van der Waals surface area contributed by atoms with Crippen LogP contribution in [-0.2, 0) is 0 Å². The van der Waals surface area contributed by atoms with Crippen LogP contribution in [0, 0.1) is 17.8 Å². The molecule has 1 aromatic carbocycles. The predicted molar refractivity (Wildman–Crippen MR) is 78.6 cm³/mol. The van der Waals surface area contributed by atoms with Gasteiger partial charge in [0.05, 0.1) is 0 Å². The number of Topliss-reactive ketones (excluding diaryl/α,β-unsaturated/α-hetero) is 2. The largest absolute Gasteiger partial charge is 0.294 e. The van der Waals surface area contributed by atoms with Gasteiger partial charge < -0.3 is 0 Å². The monoisotopic (exact) mass is 260 g/mol. The highest BCUT2D eigenvalue weighted by Crippen LogP contribution is 2.21. The molecule has 0 aromatic heterocycles. The number of benzene rings is 1. The van der Waals surface area contributed by atoms with Gasteiger partial charge in [0.1, 0.15) is 0 Å². The van der Waals surface area contributed by atoms with E-state index >= 15 is 0 Å². The fourth-order valence-corrected chi connectivity index (χ4v) is 2.31. The van der Waals surface area contributed by atoms with Gasteiger partial charge in [0, 0.05) is 23.0 Å². The molecule has 2 nitrogen and oxygen atoms in total. The van der Waals surface area contributed by atoms with E-state index in [1.807, 2.05) is 20.8 Å². The third-order valence-corrected chi connectivity index (χ3v) is 3.56. The molecule has 0 amide bonds. The maximum atomic E-state index is 12.3. The van der Waals surface area contributed by atoms with E-state index in [-0.39, 0.29) is 23.4 Å². The summed E-state index contributed by atoms with van der Waals surface area (Å²) in [5.74, 6) is 0.692. The second-order valence-electron chi connectivity index (χ2n) is 5.72. The standard InChI is InChI=1S/C17H24O2/c1-6-15(11(2)3)17(19)14-9-7-13(8-10-14)16(18)12(4)5/h7-12,15H,6H2,1-5H3. The molecular formula is C17H24O2. The molecule has 104 valence electrons. The van der Waals surface area contributed by atoms with E-state index in [0.29, 0.717) is 17.0 Å². The summed E-state index contributed by atoms with van der Waals surface area (Å²) in [4.78, 5) is 24.2. The molecule has 19 heavy (non-hydrogen) atoms. The second-order valence-corrected chi connectivity index (χ2v) is 5.72. The lowest BCUT2D eigenvalue weighted by molar-refractivity contribution is 0.0879. The minimum Gasteiger partial charge on any atom is -0.294 e. The van der Waals surface area contributed by atoms with Crippen molar-refractivity contribution in [2.45, 2.75) is 41.0 Å². The van der Waals surface area contributed by atoms with Crippen LogP contribution < -0.4 is 0 Å². The van der Waals surface area contributed by atoms with Crippen LogP contribution in [0.3, 0.4) is 0 Å².